The van der Waals surface area contributed by atoms with Gasteiger partial charge in [0, 0.05) is 19.6 Å². The monoisotopic (exact) mass is 250 g/mol. The quantitative estimate of drug-likeness (QED) is 0.878. The lowest BCUT2D eigenvalue weighted by Crippen LogP contribution is -2.38. The largest absolute Gasteiger partial charge is 0.338 e. The van der Waals surface area contributed by atoms with E-state index in [1.807, 2.05) is 11.8 Å². The zero-order valence-electron chi connectivity index (χ0n) is 10.7. The molecule has 0 saturated carbocycles. The van der Waals surface area contributed by atoms with Crippen LogP contribution in [0.5, 0.6) is 0 Å². The first kappa shape index (κ1) is 12.9. The fourth-order valence-electron chi connectivity index (χ4n) is 2.28. The number of carbonyl (C=O) groups is 1. The van der Waals surface area contributed by atoms with Crippen LogP contribution in [-0.2, 0) is 6.42 Å². The zero-order valence-corrected chi connectivity index (χ0v) is 10.7. The molecule has 1 saturated heterocycles. The van der Waals surface area contributed by atoms with Crippen LogP contribution in [0.3, 0.4) is 0 Å². The molecule has 18 heavy (non-hydrogen) atoms. The molecule has 4 heteroatoms. The van der Waals surface area contributed by atoms with Crippen LogP contribution >= 0.6 is 0 Å². The van der Waals surface area contributed by atoms with E-state index in [1.165, 1.54) is 12.1 Å². The molecule has 1 N–H and O–H groups in total. The van der Waals surface area contributed by atoms with Gasteiger partial charge in [-0.2, -0.15) is 0 Å². The smallest absolute Gasteiger partial charge is 0.317 e. The van der Waals surface area contributed by atoms with E-state index >= 15 is 0 Å². The number of rotatable bonds is 3. The summed E-state index contributed by atoms with van der Waals surface area (Å²) in [5.41, 5.74) is 2.02. The SMILES string of the molecule is Cc1cc(F)ccc1CCNC(=O)N1CCCC1. The number of urea groups is 1. The van der Waals surface area contributed by atoms with Crippen molar-refractivity contribution in [2.75, 3.05) is 19.6 Å². The Labute approximate surface area is 107 Å². The zero-order chi connectivity index (χ0) is 13.0. The number of nitrogens with zero attached hydrogens (tertiary/aromatic N) is 1. The number of halogens is 1. The normalized spacial score (nSPS) is 14.9. The molecule has 1 aromatic carbocycles. The molecule has 0 atom stereocenters. The van der Waals surface area contributed by atoms with Crippen LogP contribution in [-0.4, -0.2) is 30.6 Å². The predicted molar refractivity (Wildman–Crippen MR) is 69.0 cm³/mol. The molecule has 0 unspecified atom stereocenters. The van der Waals surface area contributed by atoms with Gasteiger partial charge in [-0.25, -0.2) is 9.18 Å². The number of hydrogen-bond acceptors (Lipinski definition) is 1. The number of aryl methyl sites for hydroxylation is 1. The van der Waals surface area contributed by atoms with Crippen molar-refractivity contribution in [3.63, 3.8) is 0 Å². The van der Waals surface area contributed by atoms with Gasteiger partial charge in [0.25, 0.3) is 0 Å². The second-order valence-electron chi connectivity index (χ2n) is 4.75. The molecule has 1 fully saturated rings. The molecule has 1 aliphatic heterocycles. The van der Waals surface area contributed by atoms with Crippen molar-refractivity contribution in [1.82, 2.24) is 10.2 Å². The molecule has 1 aromatic rings. The van der Waals surface area contributed by atoms with Gasteiger partial charge in [-0.15, -0.1) is 0 Å². The van der Waals surface area contributed by atoms with Gasteiger partial charge in [0.2, 0.25) is 0 Å². The summed E-state index contributed by atoms with van der Waals surface area (Å²) in [4.78, 5) is 13.6. The minimum absolute atomic E-state index is 0.0206. The third kappa shape index (κ3) is 3.22. The molecular weight excluding hydrogens is 231 g/mol. The Morgan fingerprint density at radius 3 is 2.78 bits per heavy atom. The Balaban J connectivity index is 1.79. The van der Waals surface area contributed by atoms with E-state index in [0.717, 1.165) is 43.5 Å². The lowest BCUT2D eigenvalue weighted by atomic mass is 10.1. The second-order valence-corrected chi connectivity index (χ2v) is 4.75. The summed E-state index contributed by atoms with van der Waals surface area (Å²) in [5.74, 6) is -0.211. The summed E-state index contributed by atoms with van der Waals surface area (Å²) in [5, 5.41) is 2.91. The molecule has 2 amide bonds. The van der Waals surface area contributed by atoms with Gasteiger partial charge in [0.15, 0.2) is 0 Å². The van der Waals surface area contributed by atoms with E-state index in [9.17, 15) is 9.18 Å². The Kier molecular flexibility index (Phi) is 4.18. The maximum atomic E-state index is 12.9. The third-order valence-electron chi connectivity index (χ3n) is 3.37. The molecule has 2 rings (SSSR count). The van der Waals surface area contributed by atoms with Crippen molar-refractivity contribution in [2.24, 2.45) is 0 Å². The van der Waals surface area contributed by atoms with Crippen LogP contribution in [0, 0.1) is 12.7 Å². The van der Waals surface area contributed by atoms with E-state index < -0.39 is 0 Å². The van der Waals surface area contributed by atoms with Crippen LogP contribution in [0.2, 0.25) is 0 Å². The number of likely N-dealkylation sites (tertiary alicyclic amines) is 1. The van der Waals surface area contributed by atoms with Crippen molar-refractivity contribution >= 4 is 6.03 Å². The second kappa shape index (κ2) is 5.85. The highest BCUT2D eigenvalue weighted by Crippen LogP contribution is 2.11. The average Bonchev–Trinajstić information content (AvgIpc) is 2.85. The summed E-state index contributed by atoms with van der Waals surface area (Å²) >= 11 is 0. The standard InChI is InChI=1S/C14H19FN2O/c1-11-10-13(15)5-4-12(11)6-7-16-14(18)17-8-2-3-9-17/h4-5,10H,2-3,6-9H2,1H3,(H,16,18). The minimum atomic E-state index is -0.211. The molecular formula is C14H19FN2O. The molecule has 0 aromatic heterocycles. The maximum Gasteiger partial charge on any atom is 0.317 e. The lowest BCUT2D eigenvalue weighted by Gasteiger charge is -2.16. The molecule has 1 aliphatic rings. The molecule has 3 nitrogen and oxygen atoms in total. The van der Waals surface area contributed by atoms with Gasteiger partial charge in [-0.05, 0) is 49.4 Å². The molecule has 0 aliphatic carbocycles. The van der Waals surface area contributed by atoms with Crippen molar-refractivity contribution in [3.05, 3.63) is 35.1 Å². The number of amides is 2. The molecule has 0 radical (unpaired) electrons. The van der Waals surface area contributed by atoms with Crippen LogP contribution in [0.1, 0.15) is 24.0 Å². The molecule has 0 bridgehead atoms. The van der Waals surface area contributed by atoms with Crippen LogP contribution < -0.4 is 5.32 Å². The summed E-state index contributed by atoms with van der Waals surface area (Å²) in [6.45, 7) is 4.21. The van der Waals surface area contributed by atoms with E-state index in [-0.39, 0.29) is 11.8 Å². The average molecular weight is 250 g/mol. The van der Waals surface area contributed by atoms with Crippen LogP contribution in [0.25, 0.3) is 0 Å². The summed E-state index contributed by atoms with van der Waals surface area (Å²) in [6, 6.07) is 4.79. The summed E-state index contributed by atoms with van der Waals surface area (Å²) < 4.78 is 12.9. The Morgan fingerprint density at radius 1 is 1.39 bits per heavy atom. The van der Waals surface area contributed by atoms with Crippen LogP contribution in [0.15, 0.2) is 18.2 Å². The predicted octanol–water partition coefficient (Wildman–Crippen LogP) is 2.48. The molecule has 0 spiro atoms. The first-order chi connectivity index (χ1) is 8.66. The molecule has 98 valence electrons. The third-order valence-corrected chi connectivity index (χ3v) is 3.37. The lowest BCUT2D eigenvalue weighted by molar-refractivity contribution is 0.209. The van der Waals surface area contributed by atoms with Gasteiger partial charge in [0.05, 0.1) is 0 Å². The van der Waals surface area contributed by atoms with Crippen molar-refractivity contribution in [1.29, 1.82) is 0 Å². The van der Waals surface area contributed by atoms with Gasteiger partial charge < -0.3 is 10.2 Å². The van der Waals surface area contributed by atoms with Gasteiger partial charge in [-0.3, -0.25) is 0 Å². The first-order valence-corrected chi connectivity index (χ1v) is 6.44. The highest BCUT2D eigenvalue weighted by atomic mass is 19.1. The summed E-state index contributed by atoms with van der Waals surface area (Å²) in [6.07, 6.45) is 2.95. The van der Waals surface area contributed by atoms with E-state index in [2.05, 4.69) is 5.32 Å². The van der Waals surface area contributed by atoms with Crippen LogP contribution in [0.4, 0.5) is 9.18 Å². The number of benzene rings is 1. The number of hydrogen-bond donors (Lipinski definition) is 1. The van der Waals surface area contributed by atoms with Crippen molar-refractivity contribution in [3.8, 4) is 0 Å². The number of nitrogens with one attached hydrogen (secondary N) is 1. The topological polar surface area (TPSA) is 32.3 Å². The van der Waals surface area contributed by atoms with Gasteiger partial charge in [0.1, 0.15) is 5.82 Å². The van der Waals surface area contributed by atoms with Crippen molar-refractivity contribution < 1.29 is 9.18 Å². The Bertz CT molecular complexity index is 428. The van der Waals surface area contributed by atoms with Gasteiger partial charge in [-0.1, -0.05) is 6.07 Å². The highest BCUT2D eigenvalue weighted by molar-refractivity contribution is 5.74. The van der Waals surface area contributed by atoms with E-state index in [4.69, 9.17) is 0 Å². The maximum absolute atomic E-state index is 12.9. The minimum Gasteiger partial charge on any atom is -0.338 e. The fraction of sp³-hybridized carbons (Fsp3) is 0.500. The summed E-state index contributed by atoms with van der Waals surface area (Å²) in [7, 11) is 0. The highest BCUT2D eigenvalue weighted by Gasteiger charge is 2.16. The Morgan fingerprint density at radius 2 is 2.11 bits per heavy atom. The number of carbonyl (C=O) groups excluding carboxylic acids is 1. The first-order valence-electron chi connectivity index (χ1n) is 6.44. The van der Waals surface area contributed by atoms with Crippen molar-refractivity contribution in [2.45, 2.75) is 26.2 Å². The Hall–Kier alpha value is -1.58. The van der Waals surface area contributed by atoms with E-state index in [1.54, 1.807) is 6.07 Å². The van der Waals surface area contributed by atoms with E-state index in [0.29, 0.717) is 6.54 Å². The fourth-order valence-corrected chi connectivity index (χ4v) is 2.28. The molecule has 1 heterocycles. The van der Waals surface area contributed by atoms with Gasteiger partial charge >= 0.3 is 6.03 Å².